The Hall–Kier alpha value is -3.21. The van der Waals surface area contributed by atoms with Gasteiger partial charge in [-0.15, -0.1) is 0 Å². The lowest BCUT2D eigenvalue weighted by Crippen LogP contribution is -2.44. The van der Waals surface area contributed by atoms with Crippen LogP contribution in [0.2, 0.25) is 0 Å². The lowest BCUT2D eigenvalue weighted by atomic mass is 9.99. The van der Waals surface area contributed by atoms with Crippen LogP contribution < -0.4 is 10.1 Å². The van der Waals surface area contributed by atoms with Crippen molar-refractivity contribution in [1.29, 1.82) is 0 Å². The Labute approximate surface area is 165 Å². The van der Waals surface area contributed by atoms with E-state index in [0.717, 1.165) is 29.2 Å². The molecule has 1 aliphatic heterocycles. The second kappa shape index (κ2) is 7.80. The van der Waals surface area contributed by atoms with Gasteiger partial charge >= 0.3 is 6.03 Å². The van der Waals surface area contributed by atoms with E-state index in [1.54, 1.807) is 0 Å². The minimum atomic E-state index is -0.105. The van der Waals surface area contributed by atoms with Gasteiger partial charge in [0.2, 0.25) is 0 Å². The van der Waals surface area contributed by atoms with E-state index in [1.807, 2.05) is 42.2 Å². The van der Waals surface area contributed by atoms with Gasteiger partial charge in [0.25, 0.3) is 0 Å². The summed E-state index contributed by atoms with van der Waals surface area (Å²) in [6, 6.07) is 19.8. The smallest absolute Gasteiger partial charge is 0.322 e. The number of carbonyl (C=O) groups is 1. The van der Waals surface area contributed by atoms with Crippen molar-refractivity contribution >= 4 is 11.7 Å². The standard InChI is InChI=1S/C23H25N3O2/c1-3-28-20-12-10-19(11-13-20)24-23(27)26-16-15-25-14-4-5-21(25)22(26)18-8-6-17(2)7-9-18/h4-14,22H,3,15-16H2,1-2H3,(H,24,27)/t22-/m0/s1. The third kappa shape index (κ3) is 3.60. The Morgan fingerprint density at radius 1 is 1.07 bits per heavy atom. The third-order valence-corrected chi connectivity index (χ3v) is 5.11. The molecular weight excluding hydrogens is 350 g/mol. The molecule has 1 aliphatic rings. The first-order chi connectivity index (χ1) is 13.7. The largest absolute Gasteiger partial charge is 0.494 e. The van der Waals surface area contributed by atoms with Crippen molar-refractivity contribution in [1.82, 2.24) is 9.47 Å². The van der Waals surface area contributed by atoms with Crippen molar-refractivity contribution in [2.45, 2.75) is 26.4 Å². The number of hydrogen-bond acceptors (Lipinski definition) is 2. The van der Waals surface area contributed by atoms with Gasteiger partial charge in [-0.05, 0) is 55.8 Å². The van der Waals surface area contributed by atoms with E-state index in [1.165, 1.54) is 5.56 Å². The summed E-state index contributed by atoms with van der Waals surface area (Å²) in [5.74, 6) is 0.800. The first kappa shape index (κ1) is 18.2. The van der Waals surface area contributed by atoms with Crippen molar-refractivity contribution in [3.05, 3.63) is 83.7 Å². The van der Waals surface area contributed by atoms with Gasteiger partial charge in [0.1, 0.15) is 5.75 Å². The second-order valence-corrected chi connectivity index (χ2v) is 7.02. The molecule has 0 radical (unpaired) electrons. The average Bonchev–Trinajstić information content (AvgIpc) is 3.18. The maximum Gasteiger partial charge on any atom is 0.322 e. The van der Waals surface area contributed by atoms with Crippen molar-refractivity contribution in [2.75, 3.05) is 18.5 Å². The number of ether oxygens (including phenoxy) is 1. The molecule has 4 rings (SSSR count). The molecule has 2 aromatic carbocycles. The summed E-state index contributed by atoms with van der Waals surface area (Å²) in [6.45, 7) is 6.10. The number of urea groups is 1. The molecule has 3 aromatic rings. The number of aromatic nitrogens is 1. The van der Waals surface area contributed by atoms with Crippen LogP contribution >= 0.6 is 0 Å². The van der Waals surface area contributed by atoms with Gasteiger partial charge in [-0.3, -0.25) is 0 Å². The van der Waals surface area contributed by atoms with Crippen LogP contribution in [0.15, 0.2) is 66.9 Å². The molecular formula is C23H25N3O2. The number of aryl methyl sites for hydroxylation is 1. The van der Waals surface area contributed by atoms with Crippen LogP contribution in [0.25, 0.3) is 0 Å². The topological polar surface area (TPSA) is 46.5 Å². The molecule has 1 aromatic heterocycles. The molecule has 0 bridgehead atoms. The van der Waals surface area contributed by atoms with Crippen LogP contribution in [0.5, 0.6) is 5.75 Å². The molecule has 2 heterocycles. The van der Waals surface area contributed by atoms with E-state index in [9.17, 15) is 4.79 Å². The maximum atomic E-state index is 13.1. The highest BCUT2D eigenvalue weighted by Crippen LogP contribution is 2.33. The van der Waals surface area contributed by atoms with Crippen molar-refractivity contribution in [2.24, 2.45) is 0 Å². The number of anilines is 1. The van der Waals surface area contributed by atoms with E-state index < -0.39 is 0 Å². The van der Waals surface area contributed by atoms with Crippen LogP contribution in [0.1, 0.15) is 29.8 Å². The highest BCUT2D eigenvalue weighted by atomic mass is 16.5. The number of rotatable bonds is 4. The van der Waals surface area contributed by atoms with Crippen molar-refractivity contribution < 1.29 is 9.53 Å². The summed E-state index contributed by atoms with van der Waals surface area (Å²) in [5.41, 5.74) is 4.22. The van der Waals surface area contributed by atoms with Gasteiger partial charge in [-0.1, -0.05) is 29.8 Å². The van der Waals surface area contributed by atoms with Crippen LogP contribution in [0, 0.1) is 6.92 Å². The molecule has 5 nitrogen and oxygen atoms in total. The minimum Gasteiger partial charge on any atom is -0.494 e. The number of nitrogens with one attached hydrogen (secondary N) is 1. The van der Waals surface area contributed by atoms with Crippen molar-refractivity contribution in [3.8, 4) is 5.75 Å². The number of hydrogen-bond donors (Lipinski definition) is 1. The van der Waals surface area contributed by atoms with Crippen LogP contribution in [0.4, 0.5) is 10.5 Å². The van der Waals surface area contributed by atoms with Gasteiger partial charge in [0.15, 0.2) is 0 Å². The van der Waals surface area contributed by atoms with Crippen LogP contribution in [-0.2, 0) is 6.54 Å². The van der Waals surface area contributed by atoms with E-state index in [4.69, 9.17) is 4.74 Å². The number of amides is 2. The van der Waals surface area contributed by atoms with Gasteiger partial charge in [-0.2, -0.15) is 0 Å². The van der Waals surface area contributed by atoms with Crippen molar-refractivity contribution in [3.63, 3.8) is 0 Å². The molecule has 2 amide bonds. The predicted molar refractivity (Wildman–Crippen MR) is 111 cm³/mol. The molecule has 144 valence electrons. The molecule has 0 aliphatic carbocycles. The minimum absolute atomic E-state index is 0.0952. The first-order valence-corrected chi connectivity index (χ1v) is 9.68. The normalized spacial score (nSPS) is 15.8. The van der Waals surface area contributed by atoms with Gasteiger partial charge in [0.05, 0.1) is 12.6 Å². The molecule has 1 N–H and O–H groups in total. The Balaban J connectivity index is 1.59. The first-order valence-electron chi connectivity index (χ1n) is 9.68. The molecule has 0 saturated carbocycles. The Kier molecular flexibility index (Phi) is 5.06. The Bertz CT molecular complexity index is 945. The fourth-order valence-corrected chi connectivity index (χ4v) is 3.70. The molecule has 0 unspecified atom stereocenters. The van der Waals surface area contributed by atoms with Gasteiger partial charge in [0, 0.05) is 30.7 Å². The zero-order chi connectivity index (χ0) is 19.5. The summed E-state index contributed by atoms with van der Waals surface area (Å²) in [7, 11) is 0. The fraction of sp³-hybridized carbons (Fsp3) is 0.261. The van der Waals surface area contributed by atoms with E-state index in [2.05, 4.69) is 53.3 Å². The molecule has 0 fully saturated rings. The molecule has 0 spiro atoms. The Morgan fingerprint density at radius 3 is 2.54 bits per heavy atom. The molecule has 5 heteroatoms. The second-order valence-electron chi connectivity index (χ2n) is 7.02. The van der Waals surface area contributed by atoms with Gasteiger partial charge < -0.3 is 19.5 Å². The predicted octanol–water partition coefficient (Wildman–Crippen LogP) is 4.83. The summed E-state index contributed by atoms with van der Waals surface area (Å²) in [5, 5.41) is 3.04. The molecule has 1 atom stereocenters. The van der Waals surface area contributed by atoms with Gasteiger partial charge in [-0.25, -0.2) is 4.79 Å². The molecule has 0 saturated heterocycles. The highest BCUT2D eigenvalue weighted by molar-refractivity contribution is 5.90. The average molecular weight is 375 g/mol. The SMILES string of the molecule is CCOc1ccc(NC(=O)N2CCn3cccc3[C@@H]2c2ccc(C)cc2)cc1. The lowest BCUT2D eigenvalue weighted by Gasteiger charge is -2.37. The van der Waals surface area contributed by atoms with E-state index in [-0.39, 0.29) is 12.1 Å². The summed E-state index contributed by atoms with van der Waals surface area (Å²) in [6.07, 6.45) is 2.08. The third-order valence-electron chi connectivity index (χ3n) is 5.11. The highest BCUT2D eigenvalue weighted by Gasteiger charge is 2.32. The fourth-order valence-electron chi connectivity index (χ4n) is 3.70. The monoisotopic (exact) mass is 375 g/mol. The summed E-state index contributed by atoms with van der Waals surface area (Å²) >= 11 is 0. The zero-order valence-electron chi connectivity index (χ0n) is 16.3. The van der Waals surface area contributed by atoms with Crippen LogP contribution in [-0.4, -0.2) is 28.6 Å². The number of carbonyl (C=O) groups excluding carboxylic acids is 1. The van der Waals surface area contributed by atoms with Crippen LogP contribution in [0.3, 0.4) is 0 Å². The maximum absolute atomic E-state index is 13.1. The lowest BCUT2D eigenvalue weighted by molar-refractivity contribution is 0.182. The number of fused-ring (bicyclic) bond motifs is 1. The quantitative estimate of drug-likeness (QED) is 0.710. The summed E-state index contributed by atoms with van der Waals surface area (Å²) in [4.78, 5) is 15.0. The number of nitrogens with zero attached hydrogens (tertiary/aromatic N) is 2. The summed E-state index contributed by atoms with van der Waals surface area (Å²) < 4.78 is 7.70. The van der Waals surface area contributed by atoms with E-state index in [0.29, 0.717) is 13.2 Å². The Morgan fingerprint density at radius 2 is 1.82 bits per heavy atom. The molecule has 28 heavy (non-hydrogen) atoms. The number of benzene rings is 2. The van der Waals surface area contributed by atoms with E-state index >= 15 is 0 Å². The zero-order valence-corrected chi connectivity index (χ0v) is 16.3.